The van der Waals surface area contributed by atoms with Crippen LogP contribution in [0.1, 0.15) is 40.7 Å². The number of rotatable bonds is 3. The first kappa shape index (κ1) is 17.4. The van der Waals surface area contributed by atoms with Crippen LogP contribution in [0.15, 0.2) is 48.5 Å². The molecule has 5 nitrogen and oxygen atoms in total. The number of nitrogens with zero attached hydrogens (tertiary/aromatic N) is 1. The summed E-state index contributed by atoms with van der Waals surface area (Å²) in [6.45, 7) is -0.361. The average Bonchev–Trinajstić information content (AvgIpc) is 2.82. The quantitative estimate of drug-likeness (QED) is 0.670. The lowest BCUT2D eigenvalue weighted by molar-refractivity contribution is -0.131. The fourth-order valence-electron chi connectivity index (χ4n) is 3.99. The number of hydrogen-bond donors (Lipinski definition) is 1. The number of Topliss-reactive ketones (excluding diaryl/α,β-unsaturated/α-hetero) is 1. The Labute approximate surface area is 156 Å². The van der Waals surface area contributed by atoms with Gasteiger partial charge in [0, 0.05) is 5.56 Å². The Morgan fingerprint density at radius 3 is 2.59 bits per heavy atom. The number of fused-ring (bicyclic) bond motifs is 2. The summed E-state index contributed by atoms with van der Waals surface area (Å²) in [6.07, 6.45) is 3.11. The van der Waals surface area contributed by atoms with E-state index in [0.717, 1.165) is 35.3 Å². The first-order chi connectivity index (χ1) is 13.0. The number of carbonyl (C=O) groups is 3. The number of imide groups is 1. The van der Waals surface area contributed by atoms with Crippen LogP contribution in [0, 0.1) is 5.82 Å². The molecule has 6 heteroatoms. The summed E-state index contributed by atoms with van der Waals surface area (Å²) < 4.78 is 13.1. The van der Waals surface area contributed by atoms with Crippen LogP contribution < -0.4 is 5.32 Å². The molecule has 1 aliphatic heterocycles. The summed E-state index contributed by atoms with van der Waals surface area (Å²) in [4.78, 5) is 39.3. The van der Waals surface area contributed by atoms with Crippen molar-refractivity contribution < 1.29 is 18.8 Å². The Morgan fingerprint density at radius 2 is 1.81 bits per heavy atom. The van der Waals surface area contributed by atoms with E-state index in [1.54, 1.807) is 0 Å². The van der Waals surface area contributed by atoms with Crippen molar-refractivity contribution in [1.29, 1.82) is 0 Å². The Kier molecular flexibility index (Phi) is 4.26. The van der Waals surface area contributed by atoms with Crippen LogP contribution >= 0.6 is 0 Å². The molecule has 0 saturated carbocycles. The maximum absolute atomic E-state index is 13.3. The average molecular weight is 366 g/mol. The number of nitrogens with one attached hydrogen (secondary N) is 1. The van der Waals surface area contributed by atoms with Crippen LogP contribution in [0.3, 0.4) is 0 Å². The molecule has 1 saturated heterocycles. The van der Waals surface area contributed by atoms with Gasteiger partial charge in [0.05, 0.1) is 6.54 Å². The summed E-state index contributed by atoms with van der Waals surface area (Å²) >= 11 is 0. The Hall–Kier alpha value is -3.02. The number of halogens is 1. The normalized spacial score (nSPS) is 21.7. The van der Waals surface area contributed by atoms with E-state index in [-0.39, 0.29) is 12.1 Å². The van der Waals surface area contributed by atoms with Crippen LogP contribution in [-0.4, -0.2) is 29.2 Å². The zero-order valence-corrected chi connectivity index (χ0v) is 14.7. The van der Waals surface area contributed by atoms with E-state index in [1.807, 2.05) is 24.3 Å². The second-order valence-electron chi connectivity index (χ2n) is 7.02. The van der Waals surface area contributed by atoms with Gasteiger partial charge in [-0.25, -0.2) is 9.18 Å². The highest BCUT2D eigenvalue weighted by atomic mass is 19.1. The van der Waals surface area contributed by atoms with E-state index in [2.05, 4.69) is 5.32 Å². The van der Waals surface area contributed by atoms with Crippen molar-refractivity contribution in [3.8, 4) is 0 Å². The number of hydrogen-bond acceptors (Lipinski definition) is 3. The number of amides is 3. The lowest BCUT2D eigenvalue weighted by atomic mass is 9.84. The van der Waals surface area contributed by atoms with Crippen molar-refractivity contribution in [3.05, 3.63) is 71.0 Å². The monoisotopic (exact) mass is 366 g/mol. The minimum Gasteiger partial charge on any atom is -0.319 e. The summed E-state index contributed by atoms with van der Waals surface area (Å²) in [5.74, 6) is -1.25. The second kappa shape index (κ2) is 6.61. The van der Waals surface area contributed by atoms with Crippen molar-refractivity contribution in [2.45, 2.75) is 31.2 Å². The predicted octanol–water partition coefficient (Wildman–Crippen LogP) is 3.18. The van der Waals surface area contributed by atoms with Crippen LogP contribution in [0.2, 0.25) is 0 Å². The number of urea groups is 1. The molecule has 0 bridgehead atoms. The van der Waals surface area contributed by atoms with Gasteiger partial charge in [-0.15, -0.1) is 0 Å². The van der Waals surface area contributed by atoms with Gasteiger partial charge in [-0.1, -0.05) is 24.3 Å². The molecule has 2 aromatic carbocycles. The van der Waals surface area contributed by atoms with Gasteiger partial charge in [-0.05, 0) is 61.1 Å². The first-order valence-electron chi connectivity index (χ1n) is 9.02. The molecule has 1 heterocycles. The summed E-state index contributed by atoms with van der Waals surface area (Å²) in [5.41, 5.74) is 1.03. The molecule has 138 valence electrons. The highest BCUT2D eigenvalue weighted by Gasteiger charge is 2.53. The highest BCUT2D eigenvalue weighted by Crippen LogP contribution is 2.38. The smallest absolute Gasteiger partial charge is 0.319 e. The predicted molar refractivity (Wildman–Crippen MR) is 96.7 cm³/mol. The third-order valence-corrected chi connectivity index (χ3v) is 5.37. The fraction of sp³-hybridized carbons (Fsp3) is 0.286. The molecule has 4 rings (SSSR count). The van der Waals surface area contributed by atoms with E-state index in [0.29, 0.717) is 6.42 Å². The van der Waals surface area contributed by atoms with Gasteiger partial charge < -0.3 is 5.32 Å². The van der Waals surface area contributed by atoms with Crippen molar-refractivity contribution in [2.75, 3.05) is 6.54 Å². The highest BCUT2D eigenvalue weighted by molar-refractivity contribution is 6.11. The van der Waals surface area contributed by atoms with Crippen LogP contribution in [0.4, 0.5) is 9.18 Å². The molecule has 1 atom stereocenters. The maximum atomic E-state index is 13.3. The molecule has 2 aliphatic rings. The van der Waals surface area contributed by atoms with Gasteiger partial charge >= 0.3 is 6.03 Å². The summed E-state index contributed by atoms with van der Waals surface area (Å²) in [6, 6.07) is 12.2. The lowest BCUT2D eigenvalue weighted by Crippen LogP contribution is -2.44. The molecule has 3 amide bonds. The third kappa shape index (κ3) is 2.91. The van der Waals surface area contributed by atoms with E-state index in [1.165, 1.54) is 24.3 Å². The Morgan fingerprint density at radius 1 is 1.07 bits per heavy atom. The fourth-order valence-corrected chi connectivity index (χ4v) is 3.99. The zero-order chi connectivity index (χ0) is 19.0. The summed E-state index contributed by atoms with van der Waals surface area (Å²) in [7, 11) is 0. The van der Waals surface area contributed by atoms with Crippen LogP contribution in [0.5, 0.6) is 0 Å². The minimum absolute atomic E-state index is 0.263. The summed E-state index contributed by atoms with van der Waals surface area (Å²) in [5, 5.41) is 2.86. The number of ketones is 1. The largest absolute Gasteiger partial charge is 0.325 e. The minimum atomic E-state index is -1.10. The van der Waals surface area contributed by atoms with Crippen molar-refractivity contribution >= 4 is 17.7 Å². The van der Waals surface area contributed by atoms with Gasteiger partial charge in [0.1, 0.15) is 11.4 Å². The SMILES string of the molecule is O=C(CN1C(=O)N[C@]2(CCCCc3ccccc32)C1=O)c1ccc(F)cc1. The van der Waals surface area contributed by atoms with Gasteiger partial charge in [-0.2, -0.15) is 0 Å². The molecule has 0 aromatic heterocycles. The van der Waals surface area contributed by atoms with Crippen molar-refractivity contribution in [3.63, 3.8) is 0 Å². The Balaban J connectivity index is 1.64. The molecule has 2 aromatic rings. The number of benzene rings is 2. The Bertz CT molecular complexity index is 925. The van der Waals surface area contributed by atoms with Crippen LogP contribution in [-0.2, 0) is 16.8 Å². The number of carbonyl (C=O) groups excluding carboxylic acids is 3. The molecule has 27 heavy (non-hydrogen) atoms. The third-order valence-electron chi connectivity index (χ3n) is 5.37. The maximum Gasteiger partial charge on any atom is 0.325 e. The van der Waals surface area contributed by atoms with Crippen molar-refractivity contribution in [1.82, 2.24) is 10.2 Å². The molecule has 1 spiro atoms. The second-order valence-corrected chi connectivity index (χ2v) is 7.02. The number of aryl methyl sites for hydroxylation is 1. The molecule has 0 unspecified atom stereocenters. The molecular weight excluding hydrogens is 347 g/mol. The van der Waals surface area contributed by atoms with E-state index >= 15 is 0 Å². The standard InChI is InChI=1S/C21H19FN2O3/c22-16-10-8-15(9-11-16)18(25)13-24-19(26)21(23-20(24)27)12-4-3-6-14-5-1-2-7-17(14)21/h1-2,5,7-11H,3-4,6,12-13H2,(H,23,27)/t21-/m0/s1. The van der Waals surface area contributed by atoms with Crippen LogP contribution in [0.25, 0.3) is 0 Å². The van der Waals surface area contributed by atoms with Gasteiger partial charge in [0.2, 0.25) is 0 Å². The molecule has 1 fully saturated rings. The van der Waals surface area contributed by atoms with E-state index in [9.17, 15) is 18.8 Å². The van der Waals surface area contributed by atoms with Gasteiger partial charge in [0.25, 0.3) is 5.91 Å². The van der Waals surface area contributed by atoms with Gasteiger partial charge in [0.15, 0.2) is 5.78 Å². The van der Waals surface area contributed by atoms with E-state index < -0.39 is 29.1 Å². The van der Waals surface area contributed by atoms with Crippen molar-refractivity contribution in [2.24, 2.45) is 0 Å². The lowest BCUT2D eigenvalue weighted by Gasteiger charge is -2.27. The first-order valence-corrected chi connectivity index (χ1v) is 9.02. The topological polar surface area (TPSA) is 66.5 Å². The van der Waals surface area contributed by atoms with Gasteiger partial charge in [-0.3, -0.25) is 14.5 Å². The molecule has 1 N–H and O–H groups in total. The zero-order valence-electron chi connectivity index (χ0n) is 14.7. The van der Waals surface area contributed by atoms with E-state index in [4.69, 9.17) is 0 Å². The molecular formula is C21H19FN2O3. The molecule has 0 radical (unpaired) electrons. The molecule has 1 aliphatic carbocycles.